The summed E-state index contributed by atoms with van der Waals surface area (Å²) < 4.78 is 2.43. The lowest BCUT2D eigenvalue weighted by Crippen LogP contribution is -2.24. The second kappa shape index (κ2) is 7.46. The van der Waals surface area contributed by atoms with Crippen molar-refractivity contribution < 1.29 is 4.43 Å². The molecular weight excluding hydrogens is 356 g/mol. The van der Waals surface area contributed by atoms with Gasteiger partial charge in [-0.25, -0.2) is 4.98 Å². The molecule has 1 aliphatic rings. The number of anilines is 3. The molecule has 0 radical (unpaired) electrons. The Morgan fingerprint density at radius 3 is 2.82 bits per heavy atom. The SMILES string of the molecule is CC(C)n1ccc2cc(Nc3c[n+](=O)cc[nH]3)nc(NC3CCCC3)c2c1=O. The number of nitrogens with one attached hydrogen (secondary N) is 3. The van der Waals surface area contributed by atoms with Gasteiger partial charge in [0.25, 0.3) is 11.8 Å². The molecule has 3 aromatic rings. The van der Waals surface area contributed by atoms with Gasteiger partial charge in [-0.05, 0) is 44.2 Å². The zero-order chi connectivity index (χ0) is 19.7. The summed E-state index contributed by atoms with van der Waals surface area (Å²) >= 11 is 0. The number of fused-ring (bicyclic) bond motifs is 1. The molecule has 4 rings (SSSR count). The summed E-state index contributed by atoms with van der Waals surface area (Å²) in [7, 11) is 0. The van der Waals surface area contributed by atoms with E-state index < -0.39 is 0 Å². The Labute approximate surface area is 162 Å². The van der Waals surface area contributed by atoms with E-state index in [1.165, 1.54) is 25.2 Å². The summed E-state index contributed by atoms with van der Waals surface area (Å²) in [5.41, 5.74) is -0.0456. The molecule has 3 N–H and O–H groups in total. The Bertz CT molecular complexity index is 1110. The highest BCUT2D eigenvalue weighted by molar-refractivity contribution is 5.93. The molecule has 1 saturated carbocycles. The molecule has 0 aliphatic heterocycles. The third-order valence-corrected chi connectivity index (χ3v) is 5.14. The molecule has 0 amide bonds. The summed E-state index contributed by atoms with van der Waals surface area (Å²) in [6.07, 6.45) is 10.7. The van der Waals surface area contributed by atoms with Crippen LogP contribution in [0.25, 0.3) is 10.8 Å². The van der Waals surface area contributed by atoms with Gasteiger partial charge in [-0.2, -0.15) is 0 Å². The van der Waals surface area contributed by atoms with Crippen molar-refractivity contribution in [3.05, 3.63) is 52.2 Å². The van der Waals surface area contributed by atoms with Crippen LogP contribution < -0.4 is 20.6 Å². The lowest BCUT2D eigenvalue weighted by molar-refractivity contribution is -0.494. The highest BCUT2D eigenvalue weighted by Gasteiger charge is 2.19. The Morgan fingerprint density at radius 1 is 1.32 bits per heavy atom. The molecule has 0 aromatic carbocycles. The normalized spacial score (nSPS) is 14.7. The first-order valence-electron chi connectivity index (χ1n) is 9.71. The number of H-pyrrole nitrogens is 1. The van der Waals surface area contributed by atoms with Gasteiger partial charge < -0.3 is 20.2 Å². The highest BCUT2D eigenvalue weighted by Crippen LogP contribution is 2.28. The van der Waals surface area contributed by atoms with Gasteiger partial charge in [-0.15, -0.1) is 0 Å². The number of hydrogen-bond acceptors (Lipinski definition) is 5. The van der Waals surface area contributed by atoms with Crippen LogP contribution in [0.2, 0.25) is 0 Å². The van der Waals surface area contributed by atoms with E-state index in [0.717, 1.165) is 18.2 Å². The molecule has 146 valence electrons. The van der Waals surface area contributed by atoms with Crippen molar-refractivity contribution in [3.63, 3.8) is 0 Å². The summed E-state index contributed by atoms with van der Waals surface area (Å²) in [5.74, 6) is 1.68. The van der Waals surface area contributed by atoms with Crippen molar-refractivity contribution in [2.24, 2.45) is 0 Å². The lowest BCUT2D eigenvalue weighted by Gasteiger charge is -2.18. The molecule has 0 bridgehead atoms. The number of aromatic amines is 1. The van der Waals surface area contributed by atoms with Gasteiger partial charge in [0.1, 0.15) is 11.6 Å². The van der Waals surface area contributed by atoms with Crippen LogP contribution in [0.4, 0.5) is 17.5 Å². The molecule has 28 heavy (non-hydrogen) atoms. The Hall–Kier alpha value is -3.16. The Kier molecular flexibility index (Phi) is 4.85. The van der Waals surface area contributed by atoms with Gasteiger partial charge in [-0.3, -0.25) is 4.79 Å². The molecule has 1 fully saturated rings. The number of pyridine rings is 2. The zero-order valence-electron chi connectivity index (χ0n) is 16.1. The molecule has 0 atom stereocenters. The van der Waals surface area contributed by atoms with Crippen LogP contribution in [-0.4, -0.2) is 20.6 Å². The van der Waals surface area contributed by atoms with Gasteiger partial charge in [0, 0.05) is 23.2 Å². The maximum atomic E-state index is 13.1. The van der Waals surface area contributed by atoms with E-state index in [-0.39, 0.29) is 11.6 Å². The minimum atomic E-state index is -0.0456. The average Bonchev–Trinajstić information content (AvgIpc) is 3.14. The van der Waals surface area contributed by atoms with E-state index in [1.807, 2.05) is 32.2 Å². The van der Waals surface area contributed by atoms with Crippen molar-refractivity contribution in [1.29, 1.82) is 0 Å². The van der Waals surface area contributed by atoms with E-state index >= 15 is 0 Å². The molecule has 8 heteroatoms. The highest BCUT2D eigenvalue weighted by atomic mass is 16.3. The van der Waals surface area contributed by atoms with Crippen molar-refractivity contribution in [2.75, 3.05) is 10.6 Å². The minimum Gasteiger partial charge on any atom is -0.367 e. The minimum absolute atomic E-state index is 0.0456. The predicted molar refractivity (Wildman–Crippen MR) is 110 cm³/mol. The van der Waals surface area contributed by atoms with Gasteiger partial charge >= 0.3 is 0 Å². The number of nitrogens with zero attached hydrogens (tertiary/aromatic N) is 3. The van der Waals surface area contributed by atoms with Crippen LogP contribution in [0.1, 0.15) is 45.6 Å². The summed E-state index contributed by atoms with van der Waals surface area (Å²) in [4.78, 5) is 32.3. The summed E-state index contributed by atoms with van der Waals surface area (Å²) in [6.45, 7) is 3.98. The van der Waals surface area contributed by atoms with Crippen molar-refractivity contribution >= 4 is 28.2 Å². The quantitative estimate of drug-likeness (QED) is 0.589. The Balaban J connectivity index is 1.82. The fraction of sp³-hybridized carbons (Fsp3) is 0.400. The third-order valence-electron chi connectivity index (χ3n) is 5.14. The molecule has 8 nitrogen and oxygen atoms in total. The van der Waals surface area contributed by atoms with E-state index in [2.05, 4.69) is 20.6 Å². The van der Waals surface area contributed by atoms with Gasteiger partial charge in [0.05, 0.1) is 16.0 Å². The molecule has 3 heterocycles. The molecule has 1 aliphatic carbocycles. The first-order valence-corrected chi connectivity index (χ1v) is 9.71. The smallest absolute Gasteiger partial charge is 0.268 e. The summed E-state index contributed by atoms with van der Waals surface area (Å²) in [6, 6.07) is 4.16. The zero-order valence-corrected chi connectivity index (χ0v) is 16.1. The van der Waals surface area contributed by atoms with Gasteiger partial charge in [-0.1, -0.05) is 12.8 Å². The fourth-order valence-electron chi connectivity index (χ4n) is 3.73. The molecular formula is C20H25N6O2+. The fourth-order valence-corrected chi connectivity index (χ4v) is 3.73. The lowest BCUT2D eigenvalue weighted by atomic mass is 10.1. The second-order valence-corrected chi connectivity index (χ2v) is 7.56. The van der Waals surface area contributed by atoms with Crippen molar-refractivity contribution in [1.82, 2.24) is 14.5 Å². The topological polar surface area (TPSA) is 97.7 Å². The largest absolute Gasteiger partial charge is 0.367 e. The average molecular weight is 381 g/mol. The molecule has 0 saturated heterocycles. The number of aromatic nitrogens is 4. The second-order valence-electron chi connectivity index (χ2n) is 7.56. The van der Waals surface area contributed by atoms with Crippen molar-refractivity contribution in [3.8, 4) is 0 Å². The van der Waals surface area contributed by atoms with Crippen LogP contribution in [-0.2, 0) is 0 Å². The molecule has 0 unspecified atom stereocenters. The van der Waals surface area contributed by atoms with E-state index in [0.29, 0.717) is 33.3 Å². The number of rotatable bonds is 5. The van der Waals surface area contributed by atoms with Crippen LogP contribution in [0, 0.1) is 4.91 Å². The number of hydrogen-bond donors (Lipinski definition) is 3. The standard InChI is InChI=1S/C20H24N6O2/c1-13(2)26-9-7-14-11-16(23-17-12-25(28)10-8-21-17)24-19(18(14)20(26)27)22-15-5-3-4-6-15/h7-13,15H,3-6H2,1-2H3,(H2-,21,22,23,24,27,28)/p+1. The first-order chi connectivity index (χ1) is 13.5. The Morgan fingerprint density at radius 2 is 2.11 bits per heavy atom. The van der Waals surface area contributed by atoms with Gasteiger partial charge in [0.2, 0.25) is 6.20 Å². The maximum absolute atomic E-state index is 13.1. The monoisotopic (exact) mass is 381 g/mol. The predicted octanol–water partition coefficient (Wildman–Crippen LogP) is 3.32. The first kappa shape index (κ1) is 18.2. The van der Waals surface area contributed by atoms with Crippen molar-refractivity contribution in [2.45, 2.75) is 51.6 Å². The maximum Gasteiger partial charge on any atom is 0.268 e. The van der Waals surface area contributed by atoms with Crippen LogP contribution >= 0.6 is 0 Å². The molecule has 0 spiro atoms. The summed E-state index contributed by atoms with van der Waals surface area (Å²) in [5, 5.41) is 8.02. The third kappa shape index (κ3) is 3.62. The van der Waals surface area contributed by atoms with E-state index in [4.69, 9.17) is 0 Å². The molecule has 3 aromatic heterocycles. The van der Waals surface area contributed by atoms with E-state index in [1.54, 1.807) is 10.8 Å². The van der Waals surface area contributed by atoms with Crippen LogP contribution in [0.3, 0.4) is 0 Å². The van der Waals surface area contributed by atoms with Crippen LogP contribution in [0.15, 0.2) is 41.7 Å². The van der Waals surface area contributed by atoms with Crippen LogP contribution in [0.5, 0.6) is 0 Å². The van der Waals surface area contributed by atoms with E-state index in [9.17, 15) is 9.70 Å². The van der Waals surface area contributed by atoms with Gasteiger partial charge in [0.15, 0.2) is 5.82 Å².